The SMILES string of the molecule is C=C(C)C(=O)N1CCOCC1CC. The van der Waals surface area contributed by atoms with Crippen LogP contribution in [0.25, 0.3) is 0 Å². The van der Waals surface area contributed by atoms with E-state index in [-0.39, 0.29) is 11.9 Å². The van der Waals surface area contributed by atoms with E-state index >= 15 is 0 Å². The first-order valence-corrected chi connectivity index (χ1v) is 4.71. The molecule has 3 nitrogen and oxygen atoms in total. The zero-order valence-electron chi connectivity index (χ0n) is 8.38. The molecule has 1 fully saturated rings. The van der Waals surface area contributed by atoms with Gasteiger partial charge in [0.25, 0.3) is 0 Å². The van der Waals surface area contributed by atoms with Crippen LogP contribution >= 0.6 is 0 Å². The van der Waals surface area contributed by atoms with Crippen molar-refractivity contribution < 1.29 is 9.53 Å². The predicted octanol–water partition coefficient (Wildman–Crippen LogP) is 1.20. The van der Waals surface area contributed by atoms with Gasteiger partial charge in [-0.25, -0.2) is 0 Å². The predicted molar refractivity (Wildman–Crippen MR) is 51.4 cm³/mol. The van der Waals surface area contributed by atoms with Crippen LogP contribution < -0.4 is 0 Å². The zero-order chi connectivity index (χ0) is 9.84. The van der Waals surface area contributed by atoms with Gasteiger partial charge in [0.05, 0.1) is 19.3 Å². The maximum absolute atomic E-state index is 11.6. The number of hydrogen-bond donors (Lipinski definition) is 0. The zero-order valence-corrected chi connectivity index (χ0v) is 8.38. The second-order valence-corrected chi connectivity index (χ2v) is 3.42. The number of carbonyl (C=O) groups is 1. The maximum atomic E-state index is 11.6. The summed E-state index contributed by atoms with van der Waals surface area (Å²) in [6, 6.07) is 0.234. The van der Waals surface area contributed by atoms with E-state index in [9.17, 15) is 4.79 Å². The molecule has 13 heavy (non-hydrogen) atoms. The average molecular weight is 183 g/mol. The highest BCUT2D eigenvalue weighted by Crippen LogP contribution is 2.12. The smallest absolute Gasteiger partial charge is 0.249 e. The fourth-order valence-electron chi connectivity index (χ4n) is 1.51. The lowest BCUT2D eigenvalue weighted by Gasteiger charge is -2.35. The number of ether oxygens (including phenoxy) is 1. The van der Waals surface area contributed by atoms with Crippen molar-refractivity contribution >= 4 is 5.91 Å². The van der Waals surface area contributed by atoms with E-state index in [2.05, 4.69) is 13.5 Å². The second-order valence-electron chi connectivity index (χ2n) is 3.42. The van der Waals surface area contributed by atoms with Gasteiger partial charge in [0, 0.05) is 12.1 Å². The van der Waals surface area contributed by atoms with Crippen LogP contribution in [0.15, 0.2) is 12.2 Å². The van der Waals surface area contributed by atoms with E-state index < -0.39 is 0 Å². The molecule has 1 unspecified atom stereocenters. The lowest BCUT2D eigenvalue weighted by Crippen LogP contribution is -2.48. The number of hydrogen-bond acceptors (Lipinski definition) is 2. The van der Waals surface area contributed by atoms with Crippen LogP contribution in [0.5, 0.6) is 0 Å². The molecule has 0 aliphatic carbocycles. The minimum absolute atomic E-state index is 0.0650. The molecule has 0 saturated carbocycles. The van der Waals surface area contributed by atoms with E-state index in [1.807, 2.05) is 4.90 Å². The highest BCUT2D eigenvalue weighted by atomic mass is 16.5. The van der Waals surface area contributed by atoms with Crippen molar-refractivity contribution in [3.63, 3.8) is 0 Å². The Hall–Kier alpha value is -0.830. The van der Waals surface area contributed by atoms with Crippen LogP contribution in [-0.4, -0.2) is 36.6 Å². The topological polar surface area (TPSA) is 29.5 Å². The molecule has 0 aromatic rings. The Bertz CT molecular complexity index is 213. The third-order valence-corrected chi connectivity index (χ3v) is 2.32. The molecule has 0 spiro atoms. The molecule has 1 amide bonds. The van der Waals surface area contributed by atoms with E-state index in [1.165, 1.54) is 0 Å². The highest BCUT2D eigenvalue weighted by Gasteiger charge is 2.25. The van der Waals surface area contributed by atoms with Crippen LogP contribution in [0.1, 0.15) is 20.3 Å². The molecule has 0 aromatic carbocycles. The molecule has 0 aromatic heterocycles. The first kappa shape index (κ1) is 10.3. The van der Waals surface area contributed by atoms with E-state index in [0.29, 0.717) is 25.3 Å². The Kier molecular flexibility index (Phi) is 3.48. The van der Waals surface area contributed by atoms with Crippen molar-refractivity contribution in [2.45, 2.75) is 26.3 Å². The summed E-state index contributed by atoms with van der Waals surface area (Å²) in [5, 5.41) is 0. The second kappa shape index (κ2) is 4.42. The van der Waals surface area contributed by atoms with Crippen molar-refractivity contribution in [2.24, 2.45) is 0 Å². The molecular formula is C10H17NO2. The number of nitrogens with zero attached hydrogens (tertiary/aromatic N) is 1. The molecule has 0 radical (unpaired) electrons. The Morgan fingerprint density at radius 3 is 2.92 bits per heavy atom. The molecule has 1 saturated heterocycles. The Morgan fingerprint density at radius 2 is 2.38 bits per heavy atom. The minimum Gasteiger partial charge on any atom is -0.377 e. The summed E-state index contributed by atoms with van der Waals surface area (Å²) in [4.78, 5) is 13.5. The Labute approximate surface area is 79.4 Å². The highest BCUT2D eigenvalue weighted by molar-refractivity contribution is 5.92. The van der Waals surface area contributed by atoms with Crippen molar-refractivity contribution in [3.05, 3.63) is 12.2 Å². The van der Waals surface area contributed by atoms with Crippen LogP contribution in [-0.2, 0) is 9.53 Å². The molecule has 1 aliphatic heterocycles. The van der Waals surface area contributed by atoms with Crippen molar-refractivity contribution in [1.82, 2.24) is 4.90 Å². The fourth-order valence-corrected chi connectivity index (χ4v) is 1.51. The number of carbonyl (C=O) groups excluding carboxylic acids is 1. The first-order valence-electron chi connectivity index (χ1n) is 4.71. The quantitative estimate of drug-likeness (QED) is 0.602. The van der Waals surface area contributed by atoms with Gasteiger partial charge in [-0.15, -0.1) is 0 Å². The first-order chi connectivity index (χ1) is 6.16. The van der Waals surface area contributed by atoms with Crippen LogP contribution in [0.2, 0.25) is 0 Å². The lowest BCUT2D eigenvalue weighted by atomic mass is 10.1. The summed E-state index contributed by atoms with van der Waals surface area (Å²) in [5.41, 5.74) is 0.611. The van der Waals surface area contributed by atoms with Gasteiger partial charge in [-0.3, -0.25) is 4.79 Å². The van der Waals surface area contributed by atoms with Gasteiger partial charge in [0.15, 0.2) is 0 Å². The largest absolute Gasteiger partial charge is 0.377 e. The monoisotopic (exact) mass is 183 g/mol. The molecule has 0 N–H and O–H groups in total. The molecule has 1 rings (SSSR count). The molecule has 1 heterocycles. The molecule has 74 valence electrons. The van der Waals surface area contributed by atoms with E-state index in [4.69, 9.17) is 4.74 Å². The van der Waals surface area contributed by atoms with Gasteiger partial charge in [-0.2, -0.15) is 0 Å². The van der Waals surface area contributed by atoms with Gasteiger partial charge in [-0.1, -0.05) is 13.5 Å². The normalized spacial score (nSPS) is 22.9. The van der Waals surface area contributed by atoms with Gasteiger partial charge >= 0.3 is 0 Å². The van der Waals surface area contributed by atoms with Gasteiger partial charge < -0.3 is 9.64 Å². The summed E-state index contributed by atoms with van der Waals surface area (Å²) in [5.74, 6) is 0.0650. The van der Waals surface area contributed by atoms with Gasteiger partial charge in [0.1, 0.15) is 0 Å². The number of amides is 1. The van der Waals surface area contributed by atoms with Crippen LogP contribution in [0.3, 0.4) is 0 Å². The Morgan fingerprint density at radius 1 is 1.69 bits per heavy atom. The average Bonchev–Trinajstić information content (AvgIpc) is 2.16. The van der Waals surface area contributed by atoms with E-state index in [0.717, 1.165) is 6.42 Å². The fraction of sp³-hybridized carbons (Fsp3) is 0.700. The lowest BCUT2D eigenvalue weighted by molar-refractivity contribution is -0.135. The third kappa shape index (κ3) is 2.31. The maximum Gasteiger partial charge on any atom is 0.249 e. The van der Waals surface area contributed by atoms with Crippen LogP contribution in [0.4, 0.5) is 0 Å². The molecular weight excluding hydrogens is 166 g/mol. The number of morpholine rings is 1. The molecule has 0 bridgehead atoms. The summed E-state index contributed by atoms with van der Waals surface area (Å²) >= 11 is 0. The Balaban J connectivity index is 2.64. The summed E-state index contributed by atoms with van der Waals surface area (Å²) in [6.07, 6.45) is 0.943. The summed E-state index contributed by atoms with van der Waals surface area (Å²) in [6.45, 7) is 9.50. The molecule has 1 aliphatic rings. The van der Waals surface area contributed by atoms with Gasteiger partial charge in [-0.05, 0) is 13.3 Å². The van der Waals surface area contributed by atoms with Crippen molar-refractivity contribution in [3.8, 4) is 0 Å². The van der Waals surface area contributed by atoms with E-state index in [1.54, 1.807) is 6.92 Å². The van der Waals surface area contributed by atoms with Crippen LogP contribution in [0, 0.1) is 0 Å². The van der Waals surface area contributed by atoms with Crippen molar-refractivity contribution in [2.75, 3.05) is 19.8 Å². The summed E-state index contributed by atoms with van der Waals surface area (Å²) in [7, 11) is 0. The van der Waals surface area contributed by atoms with Gasteiger partial charge in [0.2, 0.25) is 5.91 Å². The molecule has 1 atom stereocenters. The van der Waals surface area contributed by atoms with Crippen molar-refractivity contribution in [1.29, 1.82) is 0 Å². The summed E-state index contributed by atoms with van der Waals surface area (Å²) < 4.78 is 5.31. The minimum atomic E-state index is 0.0650. The molecule has 3 heteroatoms. The number of rotatable bonds is 2. The standard InChI is InChI=1S/C10H17NO2/c1-4-9-7-13-6-5-11(9)10(12)8(2)3/h9H,2,4-7H2,1,3H3. The third-order valence-electron chi connectivity index (χ3n) is 2.32.